The van der Waals surface area contributed by atoms with E-state index >= 15 is 0 Å². The van der Waals surface area contributed by atoms with Crippen molar-refractivity contribution in [1.29, 1.82) is 0 Å². The quantitative estimate of drug-likeness (QED) is 0.865. The van der Waals surface area contributed by atoms with Crippen molar-refractivity contribution in [3.05, 3.63) is 34.9 Å². The molecular formula is C16H24Cl2N2O. The van der Waals surface area contributed by atoms with Crippen LogP contribution in [0.25, 0.3) is 0 Å². The highest BCUT2D eigenvalue weighted by Gasteiger charge is 2.18. The number of carbonyl (C=O) groups is 1. The highest BCUT2D eigenvalue weighted by molar-refractivity contribution is 6.31. The van der Waals surface area contributed by atoms with Gasteiger partial charge in [-0.2, -0.15) is 0 Å². The smallest absolute Gasteiger partial charge is 0.222 e. The molecule has 5 heteroatoms. The molecule has 1 atom stereocenters. The van der Waals surface area contributed by atoms with Crippen LogP contribution >= 0.6 is 24.0 Å². The van der Waals surface area contributed by atoms with Crippen molar-refractivity contribution in [1.82, 2.24) is 10.2 Å². The fraction of sp³-hybridized carbons (Fsp3) is 0.562. The third kappa shape index (κ3) is 5.50. The zero-order chi connectivity index (χ0) is 14.4. The number of hydrogen-bond acceptors (Lipinski definition) is 2. The van der Waals surface area contributed by atoms with Crippen LogP contribution in [0.15, 0.2) is 24.3 Å². The maximum atomic E-state index is 12.3. The average molecular weight is 331 g/mol. The zero-order valence-corrected chi connectivity index (χ0v) is 14.1. The molecule has 1 aromatic rings. The van der Waals surface area contributed by atoms with Crippen molar-refractivity contribution in [3.8, 4) is 0 Å². The Labute approximate surface area is 138 Å². The molecule has 3 nitrogen and oxygen atoms in total. The van der Waals surface area contributed by atoms with Crippen LogP contribution in [0.2, 0.25) is 5.02 Å². The Morgan fingerprint density at radius 3 is 2.81 bits per heavy atom. The maximum absolute atomic E-state index is 12.3. The number of nitrogens with zero attached hydrogens (tertiary/aromatic N) is 1. The lowest BCUT2D eigenvalue weighted by Gasteiger charge is -2.22. The zero-order valence-electron chi connectivity index (χ0n) is 12.5. The summed E-state index contributed by atoms with van der Waals surface area (Å²) in [5.74, 6) is 0.900. The molecule has 0 radical (unpaired) electrons. The van der Waals surface area contributed by atoms with Crippen LogP contribution in [0, 0.1) is 5.92 Å². The van der Waals surface area contributed by atoms with E-state index in [1.165, 1.54) is 6.42 Å². The molecule has 1 aromatic carbocycles. The number of nitrogens with one attached hydrogen (secondary N) is 1. The summed E-state index contributed by atoms with van der Waals surface area (Å²) in [6.45, 7) is 5.51. The highest BCUT2D eigenvalue weighted by atomic mass is 35.5. The number of amides is 1. The molecule has 118 valence electrons. The molecule has 0 spiro atoms. The molecule has 1 fully saturated rings. The minimum atomic E-state index is 0. The third-order valence-corrected chi connectivity index (χ3v) is 4.35. The second kappa shape index (κ2) is 9.29. The van der Waals surface area contributed by atoms with Gasteiger partial charge in [0.25, 0.3) is 0 Å². The number of carbonyl (C=O) groups excluding carboxylic acids is 1. The second-order valence-electron chi connectivity index (χ2n) is 5.40. The van der Waals surface area contributed by atoms with E-state index in [0.29, 0.717) is 18.9 Å². The summed E-state index contributed by atoms with van der Waals surface area (Å²) in [6.07, 6.45) is 2.83. The van der Waals surface area contributed by atoms with Crippen LogP contribution in [0.5, 0.6) is 0 Å². The van der Waals surface area contributed by atoms with E-state index in [1.54, 1.807) is 0 Å². The first kappa shape index (κ1) is 18.3. The van der Waals surface area contributed by atoms with Crippen LogP contribution in [0.3, 0.4) is 0 Å². The minimum absolute atomic E-state index is 0. The number of benzene rings is 1. The topological polar surface area (TPSA) is 32.3 Å². The molecule has 1 aliphatic rings. The van der Waals surface area contributed by atoms with Crippen LogP contribution in [0.4, 0.5) is 0 Å². The van der Waals surface area contributed by atoms with Crippen molar-refractivity contribution < 1.29 is 4.79 Å². The first-order chi connectivity index (χ1) is 9.70. The molecule has 1 unspecified atom stereocenters. The molecule has 1 N–H and O–H groups in total. The molecule has 0 saturated carbocycles. The highest BCUT2D eigenvalue weighted by Crippen LogP contribution is 2.19. The predicted octanol–water partition coefficient (Wildman–Crippen LogP) is 3.50. The normalized spacial score (nSPS) is 17.3. The molecule has 0 aliphatic carbocycles. The molecule has 2 rings (SSSR count). The Bertz CT molecular complexity index is 448. The summed E-state index contributed by atoms with van der Waals surface area (Å²) < 4.78 is 0. The summed E-state index contributed by atoms with van der Waals surface area (Å²) in [4.78, 5) is 14.2. The lowest BCUT2D eigenvalue weighted by molar-refractivity contribution is -0.131. The molecule has 21 heavy (non-hydrogen) atoms. The van der Waals surface area contributed by atoms with Gasteiger partial charge >= 0.3 is 0 Å². The van der Waals surface area contributed by atoms with Crippen molar-refractivity contribution in [2.75, 3.05) is 19.6 Å². The van der Waals surface area contributed by atoms with Crippen molar-refractivity contribution in [2.24, 2.45) is 5.92 Å². The Hall–Kier alpha value is -0.770. The van der Waals surface area contributed by atoms with Gasteiger partial charge in [-0.05, 0) is 50.4 Å². The number of rotatable bonds is 6. The minimum Gasteiger partial charge on any atom is -0.339 e. The third-order valence-electron chi connectivity index (χ3n) is 3.98. The monoisotopic (exact) mass is 330 g/mol. The standard InChI is InChI=1S/C16H23ClN2O.ClH/c1-2-19(12-14-5-3-4-6-15(14)17)16(20)8-7-13-9-10-18-11-13;/h3-6,13,18H,2,7-12H2,1H3;1H. The summed E-state index contributed by atoms with van der Waals surface area (Å²) in [7, 11) is 0. The molecule has 1 aliphatic heterocycles. The first-order valence-electron chi connectivity index (χ1n) is 7.42. The number of hydrogen-bond donors (Lipinski definition) is 1. The Kier molecular flexibility index (Phi) is 8.09. The molecule has 0 bridgehead atoms. The fourth-order valence-corrected chi connectivity index (χ4v) is 2.85. The fourth-order valence-electron chi connectivity index (χ4n) is 2.66. The average Bonchev–Trinajstić information content (AvgIpc) is 2.97. The lowest BCUT2D eigenvalue weighted by Crippen LogP contribution is -2.30. The predicted molar refractivity (Wildman–Crippen MR) is 90.0 cm³/mol. The van der Waals surface area contributed by atoms with Crippen LogP contribution in [0.1, 0.15) is 31.7 Å². The molecular weight excluding hydrogens is 307 g/mol. The van der Waals surface area contributed by atoms with Gasteiger partial charge in [-0.3, -0.25) is 4.79 Å². The van der Waals surface area contributed by atoms with Gasteiger partial charge in [0.2, 0.25) is 5.91 Å². The van der Waals surface area contributed by atoms with Gasteiger partial charge < -0.3 is 10.2 Å². The Morgan fingerprint density at radius 2 is 2.19 bits per heavy atom. The van der Waals surface area contributed by atoms with Gasteiger partial charge in [-0.25, -0.2) is 0 Å². The lowest BCUT2D eigenvalue weighted by atomic mass is 10.0. The molecule has 1 amide bonds. The van der Waals surface area contributed by atoms with E-state index in [2.05, 4.69) is 5.32 Å². The van der Waals surface area contributed by atoms with Crippen LogP contribution in [-0.2, 0) is 11.3 Å². The largest absolute Gasteiger partial charge is 0.339 e. The van der Waals surface area contributed by atoms with Crippen LogP contribution < -0.4 is 5.32 Å². The molecule has 0 aromatic heterocycles. The van der Waals surface area contributed by atoms with Gasteiger partial charge in [0.1, 0.15) is 0 Å². The van der Waals surface area contributed by atoms with Crippen molar-refractivity contribution in [2.45, 2.75) is 32.7 Å². The summed E-state index contributed by atoms with van der Waals surface area (Å²) in [5, 5.41) is 4.08. The summed E-state index contributed by atoms with van der Waals surface area (Å²) >= 11 is 6.16. The van der Waals surface area contributed by atoms with E-state index in [9.17, 15) is 4.79 Å². The molecule has 1 saturated heterocycles. The number of halogens is 2. The van der Waals surface area contributed by atoms with Gasteiger partial charge in [0, 0.05) is 24.5 Å². The van der Waals surface area contributed by atoms with Crippen molar-refractivity contribution >= 4 is 29.9 Å². The van der Waals surface area contributed by atoms with E-state index in [-0.39, 0.29) is 18.3 Å². The Morgan fingerprint density at radius 1 is 1.43 bits per heavy atom. The summed E-state index contributed by atoms with van der Waals surface area (Å²) in [5.41, 5.74) is 1.02. The van der Waals surface area contributed by atoms with Crippen molar-refractivity contribution in [3.63, 3.8) is 0 Å². The Balaban J connectivity index is 0.00000220. The second-order valence-corrected chi connectivity index (χ2v) is 5.80. The summed E-state index contributed by atoms with van der Waals surface area (Å²) in [6, 6.07) is 7.74. The SMILES string of the molecule is CCN(Cc1ccccc1Cl)C(=O)CCC1CCNC1.Cl. The van der Waals surface area contributed by atoms with Gasteiger partial charge in [0.05, 0.1) is 0 Å². The maximum Gasteiger partial charge on any atom is 0.222 e. The van der Waals surface area contributed by atoms with E-state index in [4.69, 9.17) is 11.6 Å². The van der Waals surface area contributed by atoms with Crippen LogP contribution in [-0.4, -0.2) is 30.4 Å². The van der Waals surface area contributed by atoms with E-state index in [1.807, 2.05) is 36.1 Å². The van der Waals surface area contributed by atoms with Gasteiger partial charge in [-0.1, -0.05) is 29.8 Å². The first-order valence-corrected chi connectivity index (χ1v) is 7.80. The van der Waals surface area contributed by atoms with E-state index < -0.39 is 0 Å². The molecule has 1 heterocycles. The van der Waals surface area contributed by atoms with E-state index in [0.717, 1.165) is 36.6 Å². The van der Waals surface area contributed by atoms with Gasteiger partial charge in [0.15, 0.2) is 0 Å². The van der Waals surface area contributed by atoms with Gasteiger partial charge in [-0.15, -0.1) is 12.4 Å².